The highest BCUT2D eigenvalue weighted by molar-refractivity contribution is 9.10. The minimum atomic E-state index is 0.548. The number of hydrogen-bond donors (Lipinski definition) is 2. The summed E-state index contributed by atoms with van der Waals surface area (Å²) in [5, 5.41) is 6.78. The van der Waals surface area contributed by atoms with Crippen molar-refractivity contribution >= 4 is 44.9 Å². The van der Waals surface area contributed by atoms with E-state index in [1.807, 2.05) is 6.07 Å². The number of ether oxygens (including phenoxy) is 1. The lowest BCUT2D eigenvalue weighted by Gasteiger charge is -2.13. The fourth-order valence-corrected chi connectivity index (χ4v) is 2.33. The predicted molar refractivity (Wildman–Crippen MR) is 80.6 cm³/mol. The molecular formula is C12H12BrClN4O. The number of nitrogens with one attached hydrogen (secondary N) is 2. The second-order valence-electron chi connectivity index (χ2n) is 3.60. The van der Waals surface area contributed by atoms with Crippen LogP contribution in [0.3, 0.4) is 0 Å². The molecule has 7 heteroatoms. The quantitative estimate of drug-likeness (QED) is 0.886. The van der Waals surface area contributed by atoms with Crippen molar-refractivity contribution in [3.05, 3.63) is 34.0 Å². The van der Waals surface area contributed by atoms with Crippen LogP contribution in [0, 0.1) is 0 Å². The Morgan fingerprint density at radius 1 is 1.26 bits per heavy atom. The van der Waals surface area contributed by atoms with E-state index in [4.69, 9.17) is 16.3 Å². The van der Waals surface area contributed by atoms with Gasteiger partial charge in [-0.25, -0.2) is 9.97 Å². The summed E-state index contributed by atoms with van der Waals surface area (Å²) in [5.74, 6) is 1.74. The maximum Gasteiger partial charge on any atom is 0.204 e. The van der Waals surface area contributed by atoms with Gasteiger partial charge >= 0.3 is 0 Å². The van der Waals surface area contributed by atoms with Gasteiger partial charge in [0.2, 0.25) is 5.75 Å². The SMILES string of the molecule is CNc1ncnc(Nc2ccc(Cl)cc2Br)c1OC. The van der Waals surface area contributed by atoms with E-state index in [-0.39, 0.29) is 0 Å². The van der Waals surface area contributed by atoms with Gasteiger partial charge in [-0.1, -0.05) is 11.6 Å². The normalized spacial score (nSPS) is 10.1. The van der Waals surface area contributed by atoms with Crippen LogP contribution in [-0.4, -0.2) is 24.1 Å². The first-order valence-corrected chi connectivity index (χ1v) is 6.61. The lowest BCUT2D eigenvalue weighted by molar-refractivity contribution is 0.415. The van der Waals surface area contributed by atoms with Gasteiger partial charge in [-0.15, -0.1) is 0 Å². The van der Waals surface area contributed by atoms with Crippen molar-refractivity contribution in [1.82, 2.24) is 9.97 Å². The third kappa shape index (κ3) is 3.08. The van der Waals surface area contributed by atoms with E-state index >= 15 is 0 Å². The molecular weight excluding hydrogens is 332 g/mol. The third-order valence-corrected chi connectivity index (χ3v) is 3.32. The molecule has 19 heavy (non-hydrogen) atoms. The third-order valence-electron chi connectivity index (χ3n) is 2.43. The second-order valence-corrected chi connectivity index (χ2v) is 4.89. The summed E-state index contributed by atoms with van der Waals surface area (Å²) in [6.07, 6.45) is 1.46. The molecule has 1 aromatic heterocycles. The minimum Gasteiger partial charge on any atom is -0.490 e. The molecule has 1 heterocycles. The number of rotatable bonds is 4. The van der Waals surface area contributed by atoms with Gasteiger partial charge in [0.25, 0.3) is 0 Å². The molecule has 0 aliphatic carbocycles. The van der Waals surface area contributed by atoms with Crippen LogP contribution in [0.25, 0.3) is 0 Å². The van der Waals surface area contributed by atoms with Gasteiger partial charge in [-0.2, -0.15) is 0 Å². The summed E-state index contributed by atoms with van der Waals surface area (Å²) in [7, 11) is 3.34. The van der Waals surface area contributed by atoms with Gasteiger partial charge in [0.15, 0.2) is 11.6 Å². The molecule has 0 saturated heterocycles. The highest BCUT2D eigenvalue weighted by atomic mass is 79.9. The topological polar surface area (TPSA) is 59.1 Å². The number of benzene rings is 1. The molecule has 0 saturated carbocycles. The van der Waals surface area contributed by atoms with Gasteiger partial charge < -0.3 is 15.4 Å². The molecule has 0 atom stereocenters. The first-order chi connectivity index (χ1) is 9.15. The van der Waals surface area contributed by atoms with Gasteiger partial charge in [0.05, 0.1) is 12.8 Å². The second kappa shape index (κ2) is 6.08. The lowest BCUT2D eigenvalue weighted by atomic mass is 10.3. The van der Waals surface area contributed by atoms with Crippen LogP contribution in [0.15, 0.2) is 29.0 Å². The van der Waals surface area contributed by atoms with Crippen molar-refractivity contribution in [3.63, 3.8) is 0 Å². The van der Waals surface area contributed by atoms with E-state index in [1.165, 1.54) is 6.33 Å². The molecule has 1 aromatic carbocycles. The molecule has 2 N–H and O–H groups in total. The predicted octanol–water partition coefficient (Wildman–Crippen LogP) is 3.69. The highest BCUT2D eigenvalue weighted by Crippen LogP contribution is 2.34. The molecule has 0 unspecified atom stereocenters. The maximum atomic E-state index is 5.91. The summed E-state index contributed by atoms with van der Waals surface area (Å²) in [6.45, 7) is 0. The summed E-state index contributed by atoms with van der Waals surface area (Å²) in [4.78, 5) is 8.26. The smallest absolute Gasteiger partial charge is 0.204 e. The first kappa shape index (κ1) is 13.9. The Morgan fingerprint density at radius 2 is 2.00 bits per heavy atom. The van der Waals surface area contributed by atoms with Gasteiger partial charge in [0.1, 0.15) is 6.33 Å². The van der Waals surface area contributed by atoms with Crippen LogP contribution >= 0.6 is 27.5 Å². The molecule has 2 aromatic rings. The van der Waals surface area contributed by atoms with Crippen molar-refractivity contribution in [1.29, 1.82) is 0 Å². The summed E-state index contributed by atoms with van der Waals surface area (Å²) in [6, 6.07) is 5.45. The summed E-state index contributed by atoms with van der Waals surface area (Å²) < 4.78 is 6.15. The van der Waals surface area contributed by atoms with Crippen molar-refractivity contribution in [2.24, 2.45) is 0 Å². The van der Waals surface area contributed by atoms with Crippen LogP contribution in [-0.2, 0) is 0 Å². The Morgan fingerprint density at radius 3 is 2.63 bits per heavy atom. The number of anilines is 3. The van der Waals surface area contributed by atoms with Gasteiger partial charge in [0, 0.05) is 16.5 Å². The largest absolute Gasteiger partial charge is 0.490 e. The fraction of sp³-hybridized carbons (Fsp3) is 0.167. The van der Waals surface area contributed by atoms with Crippen molar-refractivity contribution < 1.29 is 4.74 Å². The zero-order valence-electron chi connectivity index (χ0n) is 10.4. The van der Waals surface area contributed by atoms with Gasteiger partial charge in [-0.05, 0) is 34.1 Å². The van der Waals surface area contributed by atoms with Crippen molar-refractivity contribution in [2.45, 2.75) is 0 Å². The minimum absolute atomic E-state index is 0.548. The van der Waals surface area contributed by atoms with Crippen LogP contribution < -0.4 is 15.4 Å². The average Bonchev–Trinajstić information content (AvgIpc) is 2.41. The maximum absolute atomic E-state index is 5.91. The fourth-order valence-electron chi connectivity index (χ4n) is 1.55. The van der Waals surface area contributed by atoms with Crippen molar-refractivity contribution in [3.8, 4) is 5.75 Å². The number of nitrogens with zero attached hydrogens (tertiary/aromatic N) is 2. The monoisotopic (exact) mass is 342 g/mol. The van der Waals surface area contributed by atoms with E-state index < -0.39 is 0 Å². The molecule has 0 bridgehead atoms. The molecule has 0 spiro atoms. The standard InChI is InChI=1S/C12H12BrClN4O/c1-15-11-10(19-2)12(17-6-16-11)18-9-4-3-7(14)5-8(9)13/h3-6H,1-2H3,(H2,15,16,17,18). The Bertz CT molecular complexity index is 594. The Hall–Kier alpha value is -1.53. The Kier molecular flexibility index (Phi) is 4.44. The molecule has 0 aliphatic heterocycles. The van der Waals surface area contributed by atoms with E-state index in [9.17, 15) is 0 Å². The number of halogens is 2. The molecule has 0 fully saturated rings. The zero-order chi connectivity index (χ0) is 13.8. The van der Waals surface area contributed by atoms with Crippen LogP contribution in [0.4, 0.5) is 17.3 Å². The van der Waals surface area contributed by atoms with E-state index in [0.717, 1.165) is 10.2 Å². The first-order valence-electron chi connectivity index (χ1n) is 5.44. The molecule has 5 nitrogen and oxygen atoms in total. The highest BCUT2D eigenvalue weighted by Gasteiger charge is 2.12. The Labute approximate surface area is 124 Å². The Balaban J connectivity index is 2.37. The lowest BCUT2D eigenvalue weighted by Crippen LogP contribution is -2.03. The molecule has 2 rings (SSSR count). The van der Waals surface area contributed by atoms with Crippen LogP contribution in [0.5, 0.6) is 5.75 Å². The molecule has 0 radical (unpaired) electrons. The number of methoxy groups -OCH3 is 1. The molecule has 0 aliphatic rings. The molecule has 0 amide bonds. The van der Waals surface area contributed by atoms with E-state index in [0.29, 0.717) is 22.4 Å². The summed E-state index contributed by atoms with van der Waals surface area (Å²) in [5.41, 5.74) is 0.837. The average molecular weight is 344 g/mol. The van der Waals surface area contributed by atoms with Crippen molar-refractivity contribution in [2.75, 3.05) is 24.8 Å². The van der Waals surface area contributed by atoms with Crippen LogP contribution in [0.2, 0.25) is 5.02 Å². The molecule has 100 valence electrons. The summed E-state index contributed by atoms with van der Waals surface area (Å²) >= 11 is 9.35. The number of aromatic nitrogens is 2. The number of hydrogen-bond acceptors (Lipinski definition) is 5. The zero-order valence-corrected chi connectivity index (χ0v) is 12.7. The van der Waals surface area contributed by atoms with E-state index in [1.54, 1.807) is 26.3 Å². The van der Waals surface area contributed by atoms with Crippen LogP contribution in [0.1, 0.15) is 0 Å². The van der Waals surface area contributed by atoms with E-state index in [2.05, 4.69) is 36.5 Å². The van der Waals surface area contributed by atoms with Gasteiger partial charge in [-0.3, -0.25) is 0 Å².